The molecule has 0 aromatic heterocycles. The molecule has 3 N–H and O–H groups in total. The summed E-state index contributed by atoms with van der Waals surface area (Å²) in [6.07, 6.45) is 0. The highest BCUT2D eigenvalue weighted by molar-refractivity contribution is 5.96. The van der Waals surface area contributed by atoms with Crippen molar-refractivity contribution in [2.24, 2.45) is 5.73 Å². The van der Waals surface area contributed by atoms with Gasteiger partial charge in [0, 0.05) is 23.2 Å². The van der Waals surface area contributed by atoms with Crippen molar-refractivity contribution in [2.75, 3.05) is 13.7 Å². The van der Waals surface area contributed by atoms with E-state index in [1.165, 1.54) is 7.11 Å². The second-order valence-electron chi connectivity index (χ2n) is 4.98. The van der Waals surface area contributed by atoms with Crippen molar-refractivity contribution in [3.05, 3.63) is 71.3 Å². The van der Waals surface area contributed by atoms with Gasteiger partial charge in [0.25, 0.3) is 5.91 Å². The van der Waals surface area contributed by atoms with Gasteiger partial charge in [-0.05, 0) is 36.4 Å². The fourth-order valence-electron chi connectivity index (χ4n) is 1.97. The summed E-state index contributed by atoms with van der Waals surface area (Å²) in [6, 6.07) is 15.6. The van der Waals surface area contributed by atoms with Crippen LogP contribution in [0.1, 0.15) is 28.9 Å². The minimum atomic E-state index is -0.861. The molecule has 2 aromatic rings. The predicted molar refractivity (Wildman–Crippen MR) is 97.9 cm³/mol. The zero-order valence-electron chi connectivity index (χ0n) is 13.3. The zero-order chi connectivity index (χ0) is 17.4. The summed E-state index contributed by atoms with van der Waals surface area (Å²) in [5, 5.41) is 2.54. The van der Waals surface area contributed by atoms with Gasteiger partial charge in [-0.1, -0.05) is 37.5 Å². The van der Waals surface area contributed by atoms with Crippen molar-refractivity contribution in [1.29, 1.82) is 0 Å². The van der Waals surface area contributed by atoms with E-state index in [0.29, 0.717) is 5.56 Å². The maximum atomic E-state index is 12.1. The van der Waals surface area contributed by atoms with Crippen LogP contribution in [-0.4, -0.2) is 31.6 Å². The number of hydrogen-bond acceptors (Lipinski definition) is 4. The van der Waals surface area contributed by atoms with Gasteiger partial charge >= 0.3 is 5.97 Å². The second kappa shape index (κ2) is 9.91. The van der Waals surface area contributed by atoms with E-state index in [0.717, 1.165) is 11.1 Å². The zero-order valence-corrected chi connectivity index (χ0v) is 13.3. The van der Waals surface area contributed by atoms with E-state index >= 15 is 0 Å². The van der Waals surface area contributed by atoms with Crippen molar-refractivity contribution in [2.45, 2.75) is 13.5 Å². The molecular formula is C20H22N2O3. The Kier molecular flexibility index (Phi) is 7.91. The molecule has 1 atom stereocenters. The largest absolute Gasteiger partial charge is 0.467 e. The third kappa shape index (κ3) is 5.79. The Balaban J connectivity index is 0.00000312. The summed E-state index contributed by atoms with van der Waals surface area (Å²) < 4.78 is 4.58. The Morgan fingerprint density at radius 2 is 1.60 bits per heavy atom. The minimum absolute atomic E-state index is 0. The first-order valence-corrected chi connectivity index (χ1v) is 7.40. The molecule has 0 saturated heterocycles. The summed E-state index contributed by atoms with van der Waals surface area (Å²) in [5.41, 5.74) is 7.59. The van der Waals surface area contributed by atoms with E-state index in [4.69, 9.17) is 5.73 Å². The van der Waals surface area contributed by atoms with Gasteiger partial charge < -0.3 is 15.8 Å². The molecule has 0 radical (unpaired) electrons. The molecule has 5 nitrogen and oxygen atoms in total. The maximum Gasteiger partial charge on any atom is 0.329 e. The minimum Gasteiger partial charge on any atom is -0.467 e. The predicted octanol–water partition coefficient (Wildman–Crippen LogP) is 1.95. The number of amides is 1. The van der Waals surface area contributed by atoms with E-state index in [9.17, 15) is 9.59 Å². The van der Waals surface area contributed by atoms with Gasteiger partial charge in [0.05, 0.1) is 7.11 Å². The number of nitrogens with one attached hydrogen (secondary N) is 1. The molecule has 0 spiro atoms. The van der Waals surface area contributed by atoms with Crippen molar-refractivity contribution in [3.8, 4) is 11.8 Å². The van der Waals surface area contributed by atoms with Crippen LogP contribution in [0.4, 0.5) is 0 Å². The molecule has 2 aromatic carbocycles. The van der Waals surface area contributed by atoms with E-state index in [2.05, 4.69) is 21.9 Å². The van der Waals surface area contributed by atoms with Crippen molar-refractivity contribution in [3.63, 3.8) is 0 Å². The number of rotatable bonds is 4. The van der Waals surface area contributed by atoms with E-state index in [-0.39, 0.29) is 14.0 Å². The second-order valence-corrected chi connectivity index (χ2v) is 4.98. The molecule has 0 bridgehead atoms. The molecule has 1 amide bonds. The maximum absolute atomic E-state index is 12.1. The lowest BCUT2D eigenvalue weighted by Crippen LogP contribution is -2.46. The van der Waals surface area contributed by atoms with Gasteiger partial charge in [-0.3, -0.25) is 4.79 Å². The normalized spacial score (nSPS) is 10.5. The molecule has 130 valence electrons. The highest BCUT2D eigenvalue weighted by Gasteiger charge is 2.20. The number of ether oxygens (including phenoxy) is 1. The van der Waals surface area contributed by atoms with Gasteiger partial charge in [0.15, 0.2) is 0 Å². The van der Waals surface area contributed by atoms with Crippen LogP contribution < -0.4 is 11.1 Å². The SMILES string of the molecule is C.COC(=O)[C@H](CN)NC(=O)c1ccc(C#Cc2ccccc2)cc1. The fraction of sp³-hybridized carbons (Fsp3) is 0.200. The number of esters is 1. The van der Waals surface area contributed by atoms with Gasteiger partial charge in [-0.25, -0.2) is 4.79 Å². The van der Waals surface area contributed by atoms with Crippen LogP contribution in [0.25, 0.3) is 0 Å². The third-order valence-corrected chi connectivity index (χ3v) is 3.30. The molecule has 0 unspecified atom stereocenters. The lowest BCUT2D eigenvalue weighted by Gasteiger charge is -2.14. The molecule has 0 heterocycles. The number of carbonyl (C=O) groups excluding carboxylic acids is 2. The van der Waals surface area contributed by atoms with Crippen LogP contribution in [0.3, 0.4) is 0 Å². The summed E-state index contributed by atoms with van der Waals surface area (Å²) in [5.74, 6) is 5.11. The molecule has 25 heavy (non-hydrogen) atoms. The highest BCUT2D eigenvalue weighted by atomic mass is 16.5. The molecule has 0 saturated carbocycles. The van der Waals surface area contributed by atoms with Crippen molar-refractivity contribution < 1.29 is 14.3 Å². The molecule has 0 fully saturated rings. The van der Waals surface area contributed by atoms with Crippen LogP contribution >= 0.6 is 0 Å². The van der Waals surface area contributed by atoms with Crippen LogP contribution in [0.15, 0.2) is 54.6 Å². The van der Waals surface area contributed by atoms with Crippen LogP contribution in [0.5, 0.6) is 0 Å². The molecular weight excluding hydrogens is 316 g/mol. The van der Waals surface area contributed by atoms with Gasteiger partial charge in [0.2, 0.25) is 0 Å². The van der Waals surface area contributed by atoms with E-state index in [1.807, 2.05) is 30.3 Å². The van der Waals surface area contributed by atoms with E-state index in [1.54, 1.807) is 24.3 Å². The smallest absolute Gasteiger partial charge is 0.329 e. The van der Waals surface area contributed by atoms with Crippen molar-refractivity contribution in [1.82, 2.24) is 5.32 Å². The number of hydrogen-bond donors (Lipinski definition) is 2. The topological polar surface area (TPSA) is 81.4 Å². The van der Waals surface area contributed by atoms with Crippen LogP contribution in [-0.2, 0) is 9.53 Å². The number of benzene rings is 2. The summed E-state index contributed by atoms with van der Waals surface area (Å²) >= 11 is 0. The Morgan fingerprint density at radius 1 is 1.04 bits per heavy atom. The number of nitrogens with two attached hydrogens (primary N) is 1. The molecule has 5 heteroatoms. The average Bonchev–Trinajstić information content (AvgIpc) is 2.64. The van der Waals surface area contributed by atoms with Gasteiger partial charge in [0.1, 0.15) is 6.04 Å². The highest BCUT2D eigenvalue weighted by Crippen LogP contribution is 2.05. The molecule has 0 aliphatic rings. The standard InChI is InChI=1S/C19H18N2O3.CH4/c1-24-19(23)17(13-20)21-18(22)16-11-9-15(10-12-16)8-7-14-5-3-2-4-6-14;/h2-6,9-12,17H,13,20H2,1H3,(H,21,22);1H4/t17-;/m0./s1. The average molecular weight is 338 g/mol. The Labute approximate surface area is 148 Å². The summed E-state index contributed by atoms with van der Waals surface area (Å²) in [7, 11) is 1.25. The fourth-order valence-corrected chi connectivity index (χ4v) is 1.97. The van der Waals surface area contributed by atoms with Gasteiger partial charge in [-0.2, -0.15) is 0 Å². The van der Waals surface area contributed by atoms with Crippen molar-refractivity contribution >= 4 is 11.9 Å². The number of carbonyl (C=O) groups is 2. The lowest BCUT2D eigenvalue weighted by atomic mass is 10.1. The Hall–Kier alpha value is -3.10. The Bertz CT molecular complexity index is 759. The first kappa shape index (κ1) is 19.9. The quantitative estimate of drug-likeness (QED) is 0.659. The Morgan fingerprint density at radius 3 is 2.12 bits per heavy atom. The lowest BCUT2D eigenvalue weighted by molar-refractivity contribution is -0.142. The first-order chi connectivity index (χ1) is 11.6. The molecule has 0 aliphatic carbocycles. The summed E-state index contributed by atoms with van der Waals surface area (Å²) in [6.45, 7) is -0.0287. The monoisotopic (exact) mass is 338 g/mol. The number of methoxy groups -OCH3 is 1. The molecule has 0 aliphatic heterocycles. The summed E-state index contributed by atoms with van der Waals surface area (Å²) in [4.78, 5) is 23.6. The van der Waals surface area contributed by atoms with Gasteiger partial charge in [-0.15, -0.1) is 0 Å². The van der Waals surface area contributed by atoms with Crippen LogP contribution in [0.2, 0.25) is 0 Å². The first-order valence-electron chi connectivity index (χ1n) is 7.40. The van der Waals surface area contributed by atoms with Crippen LogP contribution in [0, 0.1) is 11.8 Å². The van der Waals surface area contributed by atoms with E-state index < -0.39 is 17.9 Å². The third-order valence-electron chi connectivity index (χ3n) is 3.30. The molecule has 2 rings (SSSR count).